The fourth-order valence-corrected chi connectivity index (χ4v) is 1.93. The number of aromatic nitrogens is 2. The van der Waals surface area contributed by atoms with E-state index in [1.165, 1.54) is 12.1 Å². The molecule has 7 heteroatoms. The van der Waals surface area contributed by atoms with Crippen LogP contribution in [0.2, 0.25) is 0 Å². The lowest BCUT2D eigenvalue weighted by Gasteiger charge is -2.18. The highest BCUT2D eigenvalue weighted by Crippen LogP contribution is 2.43. The van der Waals surface area contributed by atoms with E-state index in [1.54, 1.807) is 6.07 Å². The van der Waals surface area contributed by atoms with Crippen LogP contribution < -0.4 is 0 Å². The molecule has 0 unspecified atom stereocenters. The second kappa shape index (κ2) is 3.07. The van der Waals surface area contributed by atoms with Crippen LogP contribution in [0.5, 0.6) is 0 Å². The maximum Gasteiger partial charge on any atom is 0.175 e. The van der Waals surface area contributed by atoms with Gasteiger partial charge in [0.15, 0.2) is 4.77 Å². The van der Waals surface area contributed by atoms with E-state index < -0.39 is 10.9 Å². The third-order valence-electron chi connectivity index (χ3n) is 1.80. The van der Waals surface area contributed by atoms with E-state index in [1.807, 2.05) is 0 Å². The van der Waals surface area contributed by atoms with Crippen molar-refractivity contribution in [2.24, 2.45) is 0 Å². The molecular formula is C7H8N2O3S2. The molecular weight excluding hydrogens is 224 g/mol. The van der Waals surface area contributed by atoms with Gasteiger partial charge in [-0.25, -0.2) is 0 Å². The average Bonchev–Trinajstić information content (AvgIpc) is 2.41. The second-order valence-electron chi connectivity index (χ2n) is 2.81. The molecule has 0 spiro atoms. The van der Waals surface area contributed by atoms with E-state index in [4.69, 9.17) is 25.9 Å². The Bertz CT molecular complexity index is 525. The van der Waals surface area contributed by atoms with E-state index >= 15 is 0 Å². The van der Waals surface area contributed by atoms with E-state index in [0.29, 0.717) is 10.3 Å². The molecule has 0 aliphatic carbocycles. The van der Waals surface area contributed by atoms with E-state index in [9.17, 15) is 0 Å². The van der Waals surface area contributed by atoms with Gasteiger partial charge in [-0.2, -0.15) is 0 Å². The third-order valence-corrected chi connectivity index (χ3v) is 2.89. The fraction of sp³-hybridized carbons (Fsp3) is 0. The molecule has 0 bridgehead atoms. The summed E-state index contributed by atoms with van der Waals surface area (Å²) in [5.74, 6) is 0. The molecule has 0 aliphatic heterocycles. The second-order valence-corrected chi connectivity index (χ2v) is 4.72. The van der Waals surface area contributed by atoms with Crippen molar-refractivity contribution < 1.29 is 13.7 Å². The predicted octanol–water partition coefficient (Wildman–Crippen LogP) is 2.81. The Morgan fingerprint density at radius 1 is 1.07 bits per heavy atom. The van der Waals surface area contributed by atoms with Crippen molar-refractivity contribution >= 4 is 34.1 Å². The summed E-state index contributed by atoms with van der Waals surface area (Å²) < 4.78 is 27.4. The van der Waals surface area contributed by atoms with Crippen molar-refractivity contribution in [3.05, 3.63) is 23.0 Å². The Kier molecular flexibility index (Phi) is 2.13. The highest BCUT2D eigenvalue weighted by atomic mass is 32.3. The average molecular weight is 232 g/mol. The molecule has 1 heterocycles. The van der Waals surface area contributed by atoms with Gasteiger partial charge < -0.3 is 23.6 Å². The summed E-state index contributed by atoms with van der Waals surface area (Å²) >= 11 is 4.86. The Balaban J connectivity index is 2.67. The molecule has 0 atom stereocenters. The number of hydrogen-bond donors (Lipinski definition) is 5. The van der Waals surface area contributed by atoms with Crippen LogP contribution in [-0.4, -0.2) is 23.6 Å². The molecule has 0 saturated carbocycles. The zero-order chi connectivity index (χ0) is 10.3. The lowest BCUT2D eigenvalue weighted by molar-refractivity contribution is 0.376. The standard InChI is InChI=1S/C7H8N2O3S2/c10-14(11,12)4-1-2-5-6(3-4)9-7(13)8-5/h1-3,10-12H,(H2,8,9,13). The van der Waals surface area contributed by atoms with Crippen LogP contribution >= 0.6 is 23.1 Å². The highest BCUT2D eigenvalue weighted by molar-refractivity contribution is 8.19. The summed E-state index contributed by atoms with van der Waals surface area (Å²) in [6.45, 7) is 0. The summed E-state index contributed by atoms with van der Waals surface area (Å²) in [4.78, 5) is 5.74. The molecule has 0 fully saturated rings. The van der Waals surface area contributed by atoms with Crippen LogP contribution in [0.25, 0.3) is 11.0 Å². The van der Waals surface area contributed by atoms with Gasteiger partial charge in [-0.3, -0.25) is 0 Å². The number of fused-ring (bicyclic) bond motifs is 1. The normalized spacial score (nSPS) is 13.4. The van der Waals surface area contributed by atoms with Gasteiger partial charge in [-0.05, 0) is 30.4 Å². The highest BCUT2D eigenvalue weighted by Gasteiger charge is 2.15. The molecule has 76 valence electrons. The Hall–Kier alpha value is -0.860. The van der Waals surface area contributed by atoms with Crippen molar-refractivity contribution in [2.45, 2.75) is 4.90 Å². The Morgan fingerprint density at radius 3 is 2.36 bits per heavy atom. The summed E-state index contributed by atoms with van der Waals surface area (Å²) in [6, 6.07) is 4.48. The van der Waals surface area contributed by atoms with Crippen LogP contribution in [0.15, 0.2) is 23.1 Å². The molecule has 0 radical (unpaired) electrons. The van der Waals surface area contributed by atoms with Gasteiger partial charge >= 0.3 is 0 Å². The van der Waals surface area contributed by atoms with Crippen molar-refractivity contribution in [1.29, 1.82) is 0 Å². The SMILES string of the molecule is OS(O)(O)c1ccc2[nH]c(=S)[nH]c2c1. The predicted molar refractivity (Wildman–Crippen MR) is 57.2 cm³/mol. The first kappa shape index (κ1) is 9.69. The van der Waals surface area contributed by atoms with Crippen LogP contribution in [0, 0.1) is 4.77 Å². The number of hydrogen-bond acceptors (Lipinski definition) is 4. The van der Waals surface area contributed by atoms with Crippen molar-refractivity contribution in [2.75, 3.05) is 0 Å². The fourth-order valence-electron chi connectivity index (χ4n) is 1.18. The molecule has 0 saturated heterocycles. The summed E-state index contributed by atoms with van der Waals surface area (Å²) in [5, 5.41) is 0. The number of H-pyrrole nitrogens is 2. The van der Waals surface area contributed by atoms with Crippen molar-refractivity contribution in [3.8, 4) is 0 Å². The minimum Gasteiger partial charge on any atom is -0.331 e. The van der Waals surface area contributed by atoms with Crippen molar-refractivity contribution in [3.63, 3.8) is 0 Å². The zero-order valence-electron chi connectivity index (χ0n) is 6.89. The molecule has 1 aromatic heterocycles. The molecule has 2 aromatic rings. The summed E-state index contributed by atoms with van der Waals surface area (Å²) in [7, 11) is -3.65. The Morgan fingerprint density at radius 2 is 1.71 bits per heavy atom. The van der Waals surface area contributed by atoms with E-state index in [-0.39, 0.29) is 4.90 Å². The van der Waals surface area contributed by atoms with Gasteiger partial charge in [0.05, 0.1) is 15.9 Å². The largest absolute Gasteiger partial charge is 0.331 e. The first-order valence-electron chi connectivity index (χ1n) is 3.69. The molecule has 2 rings (SSSR count). The topological polar surface area (TPSA) is 92.3 Å². The number of imidazole rings is 1. The monoisotopic (exact) mass is 232 g/mol. The molecule has 5 nitrogen and oxygen atoms in total. The van der Waals surface area contributed by atoms with Crippen LogP contribution in [0.4, 0.5) is 0 Å². The van der Waals surface area contributed by atoms with Gasteiger partial charge in [0.1, 0.15) is 10.9 Å². The summed E-state index contributed by atoms with van der Waals surface area (Å²) in [6.07, 6.45) is 0. The molecule has 5 N–H and O–H groups in total. The maximum atomic E-state index is 9.00. The zero-order valence-corrected chi connectivity index (χ0v) is 8.52. The van der Waals surface area contributed by atoms with E-state index in [2.05, 4.69) is 9.97 Å². The molecule has 0 aliphatic rings. The van der Waals surface area contributed by atoms with Crippen LogP contribution in [0.1, 0.15) is 0 Å². The number of nitrogens with one attached hydrogen (secondary N) is 2. The third kappa shape index (κ3) is 1.68. The number of aromatic amines is 2. The van der Waals surface area contributed by atoms with Gasteiger partial charge in [0, 0.05) is 0 Å². The van der Waals surface area contributed by atoms with Gasteiger partial charge in [0.2, 0.25) is 0 Å². The molecule has 0 amide bonds. The first-order chi connectivity index (χ1) is 6.47. The quantitative estimate of drug-likeness (QED) is 0.489. The van der Waals surface area contributed by atoms with E-state index in [0.717, 1.165) is 5.52 Å². The van der Waals surface area contributed by atoms with Gasteiger partial charge in [-0.1, -0.05) is 0 Å². The molecule has 1 aromatic carbocycles. The smallest absolute Gasteiger partial charge is 0.175 e. The maximum absolute atomic E-state index is 9.00. The lowest BCUT2D eigenvalue weighted by atomic mass is 10.3. The molecule has 14 heavy (non-hydrogen) atoms. The Labute approximate surface area is 86.0 Å². The van der Waals surface area contributed by atoms with Crippen molar-refractivity contribution in [1.82, 2.24) is 9.97 Å². The van der Waals surface area contributed by atoms with Gasteiger partial charge in [-0.15, -0.1) is 0 Å². The number of rotatable bonds is 1. The first-order valence-corrected chi connectivity index (χ1v) is 5.61. The lowest BCUT2D eigenvalue weighted by Crippen LogP contribution is -1.94. The van der Waals surface area contributed by atoms with Crippen LogP contribution in [0.3, 0.4) is 0 Å². The minimum atomic E-state index is -3.65. The number of benzene rings is 1. The van der Waals surface area contributed by atoms with Gasteiger partial charge in [0.25, 0.3) is 0 Å². The minimum absolute atomic E-state index is 0.0650. The summed E-state index contributed by atoms with van der Waals surface area (Å²) in [5.41, 5.74) is 1.38. The van der Waals surface area contributed by atoms with Crippen LogP contribution in [-0.2, 0) is 0 Å².